The summed E-state index contributed by atoms with van der Waals surface area (Å²) in [4.78, 5) is 12.9. The Bertz CT molecular complexity index is 546. The van der Waals surface area contributed by atoms with Gasteiger partial charge in [-0.15, -0.1) is 0 Å². The summed E-state index contributed by atoms with van der Waals surface area (Å²) < 4.78 is 5.44. The quantitative estimate of drug-likeness (QED) is 0.897. The van der Waals surface area contributed by atoms with Crippen LogP contribution in [0.15, 0.2) is 18.2 Å². The van der Waals surface area contributed by atoms with Gasteiger partial charge in [-0.1, -0.05) is 18.6 Å². The topological polar surface area (TPSA) is 50.4 Å². The first-order chi connectivity index (χ1) is 10.7. The highest BCUT2D eigenvalue weighted by Crippen LogP contribution is 2.45. The minimum atomic E-state index is -0.349. The smallest absolute Gasteiger partial charge is 0.230 e. The van der Waals surface area contributed by atoms with Gasteiger partial charge in [0.2, 0.25) is 5.91 Å². The van der Waals surface area contributed by atoms with E-state index in [0.29, 0.717) is 0 Å². The molecule has 1 heterocycles. The number of hydrogen-bond acceptors (Lipinski definition) is 3. The third kappa shape index (κ3) is 2.72. The molecule has 1 saturated heterocycles. The van der Waals surface area contributed by atoms with E-state index in [4.69, 9.17) is 4.74 Å². The van der Waals surface area contributed by atoms with Gasteiger partial charge in [-0.2, -0.15) is 0 Å². The number of benzene rings is 1. The summed E-state index contributed by atoms with van der Waals surface area (Å²) in [5, 5.41) is 6.63. The van der Waals surface area contributed by atoms with Gasteiger partial charge in [-0.05, 0) is 56.3 Å². The molecule has 0 aromatic heterocycles. The number of carbonyl (C=O) groups excluding carboxylic acids is 1. The Morgan fingerprint density at radius 2 is 2.18 bits per heavy atom. The monoisotopic (exact) mass is 302 g/mol. The molecule has 1 saturated carbocycles. The Hall–Kier alpha value is -1.55. The first-order valence-electron chi connectivity index (χ1n) is 8.32. The van der Waals surface area contributed by atoms with Crippen molar-refractivity contribution in [3.05, 3.63) is 29.3 Å². The van der Waals surface area contributed by atoms with E-state index in [-0.39, 0.29) is 17.4 Å². The summed E-state index contributed by atoms with van der Waals surface area (Å²) in [7, 11) is 1.69. The zero-order chi connectivity index (χ0) is 15.6. The van der Waals surface area contributed by atoms with Crippen LogP contribution in [0.25, 0.3) is 0 Å². The van der Waals surface area contributed by atoms with Crippen molar-refractivity contribution in [2.75, 3.05) is 20.2 Å². The fourth-order valence-electron chi connectivity index (χ4n) is 3.59. The van der Waals surface area contributed by atoms with Crippen molar-refractivity contribution < 1.29 is 9.53 Å². The van der Waals surface area contributed by atoms with Crippen LogP contribution in [-0.2, 0) is 10.2 Å². The van der Waals surface area contributed by atoms with Gasteiger partial charge in [0.15, 0.2) is 0 Å². The predicted octanol–water partition coefficient (Wildman–Crippen LogP) is 2.29. The summed E-state index contributed by atoms with van der Waals surface area (Å²) in [6.45, 7) is 3.98. The van der Waals surface area contributed by atoms with Gasteiger partial charge >= 0.3 is 0 Å². The molecule has 4 nitrogen and oxygen atoms in total. The van der Waals surface area contributed by atoms with Crippen molar-refractivity contribution in [1.82, 2.24) is 10.6 Å². The molecule has 1 atom stereocenters. The number of hydrogen-bond donors (Lipinski definition) is 2. The number of nitrogens with one attached hydrogen (secondary N) is 2. The standard InChI is InChI=1S/C18H26N2O2/c1-13-6-7-14(11-16(13)22-2)18(8-4-9-18)17(21)20-15-5-3-10-19-12-15/h6-7,11,15,19H,3-5,8-10,12H2,1-2H3,(H,20,21)/t15-/m0/s1. The fraction of sp³-hybridized carbons (Fsp3) is 0.611. The second-order valence-electron chi connectivity index (χ2n) is 6.64. The molecule has 0 radical (unpaired) electrons. The summed E-state index contributed by atoms with van der Waals surface area (Å²) in [6.07, 6.45) is 5.20. The van der Waals surface area contributed by atoms with E-state index in [1.807, 2.05) is 13.0 Å². The molecule has 1 amide bonds. The van der Waals surface area contributed by atoms with E-state index in [1.165, 1.54) is 0 Å². The normalized spacial score (nSPS) is 23.5. The van der Waals surface area contributed by atoms with Crippen molar-refractivity contribution in [3.8, 4) is 5.75 Å². The lowest BCUT2D eigenvalue weighted by Gasteiger charge is -2.42. The van der Waals surface area contributed by atoms with E-state index in [0.717, 1.165) is 62.1 Å². The molecule has 1 aromatic rings. The number of methoxy groups -OCH3 is 1. The molecule has 0 spiro atoms. The Morgan fingerprint density at radius 1 is 1.36 bits per heavy atom. The second kappa shape index (κ2) is 6.29. The van der Waals surface area contributed by atoms with Gasteiger partial charge in [0.1, 0.15) is 5.75 Å². The molecule has 2 fully saturated rings. The number of ether oxygens (including phenoxy) is 1. The molecule has 1 aliphatic heterocycles. The average Bonchev–Trinajstić information content (AvgIpc) is 2.48. The highest BCUT2D eigenvalue weighted by atomic mass is 16.5. The maximum Gasteiger partial charge on any atom is 0.230 e. The first-order valence-corrected chi connectivity index (χ1v) is 8.32. The van der Waals surface area contributed by atoms with Crippen LogP contribution in [0.3, 0.4) is 0 Å². The van der Waals surface area contributed by atoms with Gasteiger partial charge < -0.3 is 15.4 Å². The molecule has 4 heteroatoms. The summed E-state index contributed by atoms with van der Waals surface area (Å²) in [5.41, 5.74) is 1.86. The lowest BCUT2D eigenvalue weighted by Crippen LogP contribution is -2.55. The van der Waals surface area contributed by atoms with E-state index < -0.39 is 0 Å². The van der Waals surface area contributed by atoms with E-state index in [2.05, 4.69) is 22.8 Å². The van der Waals surface area contributed by atoms with Crippen LogP contribution in [0.2, 0.25) is 0 Å². The van der Waals surface area contributed by atoms with Gasteiger partial charge in [0, 0.05) is 12.6 Å². The largest absolute Gasteiger partial charge is 0.496 e. The Morgan fingerprint density at radius 3 is 2.77 bits per heavy atom. The summed E-state index contributed by atoms with van der Waals surface area (Å²) in [6, 6.07) is 6.47. The summed E-state index contributed by atoms with van der Waals surface area (Å²) in [5.74, 6) is 1.06. The van der Waals surface area contributed by atoms with Crippen LogP contribution in [-0.4, -0.2) is 32.1 Å². The zero-order valence-corrected chi connectivity index (χ0v) is 13.6. The SMILES string of the molecule is COc1cc(C2(C(=O)N[C@H]3CCCNC3)CCC2)ccc1C. The van der Waals surface area contributed by atoms with Crippen LogP contribution in [0.1, 0.15) is 43.2 Å². The number of carbonyl (C=O) groups is 1. The molecule has 0 unspecified atom stereocenters. The van der Waals surface area contributed by atoms with Crippen molar-refractivity contribution >= 4 is 5.91 Å². The van der Waals surface area contributed by atoms with E-state index in [1.54, 1.807) is 7.11 Å². The van der Waals surface area contributed by atoms with Crippen LogP contribution in [0.4, 0.5) is 0 Å². The van der Waals surface area contributed by atoms with Gasteiger partial charge in [0.25, 0.3) is 0 Å². The average molecular weight is 302 g/mol. The third-order valence-electron chi connectivity index (χ3n) is 5.23. The predicted molar refractivity (Wildman–Crippen MR) is 87.3 cm³/mol. The number of amides is 1. The second-order valence-corrected chi connectivity index (χ2v) is 6.64. The molecular formula is C18H26N2O2. The minimum absolute atomic E-state index is 0.193. The Balaban J connectivity index is 1.80. The molecular weight excluding hydrogens is 276 g/mol. The fourth-order valence-corrected chi connectivity index (χ4v) is 3.59. The van der Waals surface area contributed by atoms with Crippen molar-refractivity contribution in [1.29, 1.82) is 0 Å². The number of piperidine rings is 1. The lowest BCUT2D eigenvalue weighted by molar-refractivity contribution is -0.130. The van der Waals surface area contributed by atoms with Crippen molar-refractivity contribution in [2.24, 2.45) is 0 Å². The molecule has 2 aliphatic rings. The highest BCUT2D eigenvalue weighted by molar-refractivity contribution is 5.89. The lowest BCUT2D eigenvalue weighted by atomic mass is 9.63. The molecule has 2 N–H and O–H groups in total. The van der Waals surface area contributed by atoms with E-state index >= 15 is 0 Å². The minimum Gasteiger partial charge on any atom is -0.496 e. The highest BCUT2D eigenvalue weighted by Gasteiger charge is 2.46. The van der Waals surface area contributed by atoms with Crippen LogP contribution < -0.4 is 15.4 Å². The zero-order valence-electron chi connectivity index (χ0n) is 13.6. The van der Waals surface area contributed by atoms with Crippen LogP contribution in [0.5, 0.6) is 5.75 Å². The van der Waals surface area contributed by atoms with Gasteiger partial charge in [0.05, 0.1) is 12.5 Å². The molecule has 1 aliphatic carbocycles. The van der Waals surface area contributed by atoms with Gasteiger partial charge in [-0.25, -0.2) is 0 Å². The number of rotatable bonds is 4. The Labute approximate surface area is 132 Å². The number of aryl methyl sites for hydroxylation is 1. The molecule has 1 aromatic carbocycles. The molecule has 22 heavy (non-hydrogen) atoms. The maximum absolute atomic E-state index is 12.9. The van der Waals surface area contributed by atoms with Crippen molar-refractivity contribution in [2.45, 2.75) is 50.5 Å². The molecule has 120 valence electrons. The Kier molecular flexibility index (Phi) is 4.39. The van der Waals surface area contributed by atoms with Gasteiger partial charge in [-0.3, -0.25) is 4.79 Å². The molecule has 3 rings (SSSR count). The first kappa shape index (κ1) is 15.3. The van der Waals surface area contributed by atoms with Crippen LogP contribution in [0, 0.1) is 6.92 Å². The van der Waals surface area contributed by atoms with Crippen LogP contribution >= 0.6 is 0 Å². The van der Waals surface area contributed by atoms with Crippen molar-refractivity contribution in [3.63, 3.8) is 0 Å². The maximum atomic E-state index is 12.9. The summed E-state index contributed by atoms with van der Waals surface area (Å²) >= 11 is 0. The molecule has 0 bridgehead atoms. The third-order valence-corrected chi connectivity index (χ3v) is 5.23. The van der Waals surface area contributed by atoms with E-state index in [9.17, 15) is 4.79 Å².